The number of hydrogen-bond acceptors (Lipinski definition) is 5. The summed E-state index contributed by atoms with van der Waals surface area (Å²) in [5, 5.41) is 2.11. The Labute approximate surface area is 117 Å². The molecule has 1 saturated heterocycles. The summed E-state index contributed by atoms with van der Waals surface area (Å²) in [7, 11) is -3.67. The lowest BCUT2D eigenvalue weighted by molar-refractivity contribution is -0.136. The molecule has 7 nitrogen and oxygen atoms in total. The Balaban J connectivity index is 2.09. The van der Waals surface area contributed by atoms with Crippen molar-refractivity contribution in [3.63, 3.8) is 0 Å². The molecule has 0 bridgehead atoms. The van der Waals surface area contributed by atoms with Gasteiger partial charge >= 0.3 is 0 Å². The van der Waals surface area contributed by atoms with Gasteiger partial charge in [-0.15, -0.1) is 0 Å². The third kappa shape index (κ3) is 3.20. The summed E-state index contributed by atoms with van der Waals surface area (Å²) in [4.78, 5) is 26.6. The van der Waals surface area contributed by atoms with Gasteiger partial charge in [-0.1, -0.05) is 0 Å². The van der Waals surface area contributed by atoms with Gasteiger partial charge in [-0.25, -0.2) is 8.42 Å². The van der Waals surface area contributed by atoms with Gasteiger partial charge in [0.15, 0.2) is 0 Å². The second-order valence-corrected chi connectivity index (χ2v) is 6.60. The lowest BCUT2D eigenvalue weighted by Gasteiger charge is -2.30. The van der Waals surface area contributed by atoms with E-state index in [4.69, 9.17) is 0 Å². The van der Waals surface area contributed by atoms with Crippen LogP contribution in [0.5, 0.6) is 0 Å². The quantitative estimate of drug-likeness (QED) is 0.741. The Hall–Kier alpha value is -1.80. The number of pyridine rings is 1. The van der Waals surface area contributed by atoms with Crippen molar-refractivity contribution < 1.29 is 18.0 Å². The molecule has 1 fully saturated rings. The summed E-state index contributed by atoms with van der Waals surface area (Å²) in [6, 6.07) is 2.59. The maximum Gasteiger partial charge on any atom is 0.244 e. The highest BCUT2D eigenvalue weighted by Gasteiger charge is 2.37. The Morgan fingerprint density at radius 3 is 2.65 bits per heavy atom. The van der Waals surface area contributed by atoms with Gasteiger partial charge in [-0.2, -0.15) is 4.31 Å². The highest BCUT2D eigenvalue weighted by Crippen LogP contribution is 2.13. The smallest absolute Gasteiger partial charge is 0.244 e. The highest BCUT2D eigenvalue weighted by atomic mass is 32.2. The summed E-state index contributed by atoms with van der Waals surface area (Å²) in [5.41, 5.74) is 0.837. The van der Waals surface area contributed by atoms with Crippen LogP contribution in [0.3, 0.4) is 0 Å². The second kappa shape index (κ2) is 5.68. The number of carbonyl (C=O) groups is 2. The van der Waals surface area contributed by atoms with E-state index in [0.717, 1.165) is 9.87 Å². The van der Waals surface area contributed by atoms with E-state index in [1.54, 1.807) is 24.5 Å². The maximum atomic E-state index is 12.2. The zero-order valence-corrected chi connectivity index (χ0v) is 11.8. The Morgan fingerprint density at radius 2 is 2.00 bits per heavy atom. The lowest BCUT2D eigenvalue weighted by Crippen LogP contribution is -2.58. The molecule has 8 heteroatoms. The molecule has 2 amide bonds. The number of amides is 2. The van der Waals surface area contributed by atoms with E-state index >= 15 is 0 Å². The topological polar surface area (TPSA) is 96.4 Å². The zero-order chi connectivity index (χ0) is 14.8. The summed E-state index contributed by atoms with van der Waals surface area (Å²) in [6.45, 7) is 1.15. The van der Waals surface area contributed by atoms with E-state index in [0.29, 0.717) is 6.42 Å². The summed E-state index contributed by atoms with van der Waals surface area (Å²) in [5.74, 6) is -1.34. The Morgan fingerprint density at radius 1 is 1.35 bits per heavy atom. The molecule has 0 radical (unpaired) electrons. The second-order valence-electron chi connectivity index (χ2n) is 4.56. The number of piperazine rings is 1. The highest BCUT2D eigenvalue weighted by molar-refractivity contribution is 7.89. The van der Waals surface area contributed by atoms with Crippen molar-refractivity contribution in [1.82, 2.24) is 14.6 Å². The van der Waals surface area contributed by atoms with Gasteiger partial charge in [0.25, 0.3) is 0 Å². The van der Waals surface area contributed by atoms with E-state index in [9.17, 15) is 18.0 Å². The van der Waals surface area contributed by atoms with Crippen LogP contribution in [0, 0.1) is 0 Å². The van der Waals surface area contributed by atoms with Gasteiger partial charge in [0.05, 0.1) is 12.3 Å². The van der Waals surface area contributed by atoms with E-state index < -0.39 is 27.9 Å². The molecular weight excluding hydrogens is 282 g/mol. The van der Waals surface area contributed by atoms with Crippen molar-refractivity contribution in [3.8, 4) is 0 Å². The van der Waals surface area contributed by atoms with Crippen LogP contribution in [0.2, 0.25) is 0 Å². The SMILES string of the molecule is CC1C(=O)NC(=O)CN1S(=O)(=O)CCc1ccncc1. The molecule has 20 heavy (non-hydrogen) atoms. The largest absolute Gasteiger partial charge is 0.294 e. The number of nitrogens with one attached hydrogen (secondary N) is 1. The normalized spacial score (nSPS) is 20.8. The van der Waals surface area contributed by atoms with Gasteiger partial charge in [-0.3, -0.25) is 19.9 Å². The molecule has 2 rings (SSSR count). The molecule has 1 aromatic rings. The number of hydrogen-bond donors (Lipinski definition) is 1. The first kappa shape index (κ1) is 14.6. The van der Waals surface area contributed by atoms with Gasteiger partial charge in [0.2, 0.25) is 21.8 Å². The van der Waals surface area contributed by atoms with Crippen LogP contribution in [0.4, 0.5) is 0 Å². The molecule has 108 valence electrons. The minimum atomic E-state index is -3.67. The van der Waals surface area contributed by atoms with E-state index in [1.807, 2.05) is 0 Å². The minimum Gasteiger partial charge on any atom is -0.294 e. The average Bonchev–Trinajstić information content (AvgIpc) is 2.42. The molecule has 0 saturated carbocycles. The van der Waals surface area contributed by atoms with Gasteiger partial charge in [0, 0.05) is 12.4 Å². The van der Waals surface area contributed by atoms with E-state index in [2.05, 4.69) is 10.3 Å². The third-order valence-electron chi connectivity index (χ3n) is 3.13. The molecular formula is C12H15N3O4S. The number of aryl methyl sites for hydroxylation is 1. The van der Waals surface area contributed by atoms with Gasteiger partial charge in [0.1, 0.15) is 6.04 Å². The van der Waals surface area contributed by atoms with Crippen molar-refractivity contribution >= 4 is 21.8 Å². The van der Waals surface area contributed by atoms with Crippen molar-refractivity contribution in [2.75, 3.05) is 12.3 Å². The first-order valence-electron chi connectivity index (χ1n) is 6.12. The monoisotopic (exact) mass is 297 g/mol. The number of sulfonamides is 1. The Bertz CT molecular complexity index is 615. The van der Waals surface area contributed by atoms with E-state index in [-0.39, 0.29) is 12.3 Å². The molecule has 1 aliphatic heterocycles. The van der Waals surface area contributed by atoms with Crippen LogP contribution in [0.1, 0.15) is 12.5 Å². The fourth-order valence-corrected chi connectivity index (χ4v) is 3.56. The number of aromatic nitrogens is 1. The van der Waals surface area contributed by atoms with Crippen LogP contribution >= 0.6 is 0 Å². The molecule has 0 aromatic carbocycles. The molecule has 1 atom stereocenters. The van der Waals surface area contributed by atoms with Crippen LogP contribution in [0.25, 0.3) is 0 Å². The predicted octanol–water partition coefficient (Wildman–Crippen LogP) is -0.699. The number of rotatable bonds is 4. The molecule has 1 aromatic heterocycles. The summed E-state index contributed by atoms with van der Waals surface area (Å²) < 4.78 is 25.4. The number of imide groups is 1. The van der Waals surface area contributed by atoms with Crippen molar-refractivity contribution in [3.05, 3.63) is 30.1 Å². The standard InChI is InChI=1S/C12H15N3O4S/c1-9-12(17)14-11(16)8-15(9)20(18,19)7-4-10-2-5-13-6-3-10/h2-3,5-6,9H,4,7-8H2,1H3,(H,14,16,17). The molecule has 1 N–H and O–H groups in total. The lowest BCUT2D eigenvalue weighted by atomic mass is 10.2. The molecule has 1 unspecified atom stereocenters. The minimum absolute atomic E-state index is 0.151. The first-order valence-corrected chi connectivity index (χ1v) is 7.73. The van der Waals surface area contributed by atoms with E-state index in [1.165, 1.54) is 6.92 Å². The zero-order valence-electron chi connectivity index (χ0n) is 10.9. The van der Waals surface area contributed by atoms with Gasteiger partial charge < -0.3 is 0 Å². The fourth-order valence-electron chi connectivity index (χ4n) is 1.94. The van der Waals surface area contributed by atoms with Crippen LogP contribution < -0.4 is 5.32 Å². The molecule has 0 spiro atoms. The van der Waals surface area contributed by atoms with Crippen molar-refractivity contribution in [1.29, 1.82) is 0 Å². The van der Waals surface area contributed by atoms with Gasteiger partial charge in [-0.05, 0) is 31.0 Å². The number of carbonyl (C=O) groups excluding carboxylic acids is 2. The predicted molar refractivity (Wildman–Crippen MR) is 71.0 cm³/mol. The molecule has 2 heterocycles. The third-order valence-corrected chi connectivity index (χ3v) is 5.01. The molecule has 0 aliphatic carbocycles. The first-order chi connectivity index (χ1) is 9.40. The fraction of sp³-hybridized carbons (Fsp3) is 0.417. The number of nitrogens with zero attached hydrogens (tertiary/aromatic N) is 2. The average molecular weight is 297 g/mol. The van der Waals surface area contributed by atoms with Crippen molar-refractivity contribution in [2.45, 2.75) is 19.4 Å². The Kier molecular flexibility index (Phi) is 4.15. The summed E-state index contributed by atoms with van der Waals surface area (Å²) >= 11 is 0. The van der Waals surface area contributed by atoms with Crippen LogP contribution in [-0.2, 0) is 26.0 Å². The molecule has 1 aliphatic rings. The maximum absolute atomic E-state index is 12.2. The summed E-state index contributed by atoms with van der Waals surface area (Å²) in [6.07, 6.45) is 3.48. The van der Waals surface area contributed by atoms with Crippen molar-refractivity contribution in [2.24, 2.45) is 0 Å². The van der Waals surface area contributed by atoms with Crippen LogP contribution in [0.15, 0.2) is 24.5 Å². The van der Waals surface area contributed by atoms with Crippen LogP contribution in [-0.4, -0.2) is 47.9 Å².